The van der Waals surface area contributed by atoms with Crippen LogP contribution in [0.2, 0.25) is 0 Å². The highest BCUT2D eigenvalue weighted by Gasteiger charge is 2.43. The summed E-state index contributed by atoms with van der Waals surface area (Å²) in [5.74, 6) is 0.261. The number of aromatic nitrogens is 1. The Hall–Kier alpha value is -1.03. The van der Waals surface area contributed by atoms with Crippen LogP contribution in [0, 0.1) is 12.8 Å². The van der Waals surface area contributed by atoms with Crippen molar-refractivity contribution in [3.05, 3.63) is 29.6 Å². The maximum Gasteiger partial charge on any atom is 0.167 e. The van der Waals surface area contributed by atoms with Crippen LogP contribution >= 0.6 is 0 Å². The van der Waals surface area contributed by atoms with Gasteiger partial charge in [0.15, 0.2) is 5.78 Å². The van der Waals surface area contributed by atoms with Gasteiger partial charge in [-0.15, -0.1) is 0 Å². The van der Waals surface area contributed by atoms with Gasteiger partial charge in [-0.3, -0.25) is 14.0 Å². The molecule has 3 nitrogen and oxygen atoms in total. The zero-order chi connectivity index (χ0) is 12.7. The lowest BCUT2D eigenvalue weighted by Gasteiger charge is -2.26. The normalized spacial score (nSPS) is 34.5. The number of hydrogen-bond donors (Lipinski definition) is 0. The Morgan fingerprint density at radius 3 is 2.61 bits per heavy atom. The average molecular weight is 263 g/mol. The highest BCUT2D eigenvalue weighted by atomic mass is 32.2. The molecule has 2 atom stereocenters. The smallest absolute Gasteiger partial charge is 0.167 e. The highest BCUT2D eigenvalue weighted by Crippen LogP contribution is 2.39. The topological polar surface area (TPSA) is 47.0 Å². The summed E-state index contributed by atoms with van der Waals surface area (Å²) in [6.45, 7) is 1.88. The van der Waals surface area contributed by atoms with Crippen molar-refractivity contribution in [3.8, 4) is 0 Å². The second-order valence-corrected chi connectivity index (χ2v) is 7.31. The second kappa shape index (κ2) is 4.57. The Bertz CT molecular complexity index is 498. The summed E-state index contributed by atoms with van der Waals surface area (Å²) in [7, 11) is -0.685. The van der Waals surface area contributed by atoms with Gasteiger partial charge in [-0.25, -0.2) is 0 Å². The fourth-order valence-corrected chi connectivity index (χ4v) is 5.34. The van der Waals surface area contributed by atoms with Crippen LogP contribution < -0.4 is 0 Å². The number of fused-ring (bicyclic) bond motifs is 2. The van der Waals surface area contributed by atoms with Crippen LogP contribution in [0.4, 0.5) is 0 Å². The molecule has 96 valence electrons. The predicted octanol–water partition coefficient (Wildman–Crippen LogP) is 2.26. The molecule has 4 heteroatoms. The van der Waals surface area contributed by atoms with Gasteiger partial charge >= 0.3 is 0 Å². The SMILES string of the molecule is Cc1ncccc1C(=O)C1CC2CCC(C1)S2=O. The number of carbonyl (C=O) groups excluding carboxylic acids is 1. The lowest BCUT2D eigenvalue weighted by atomic mass is 9.90. The van der Waals surface area contributed by atoms with Gasteiger partial charge in [0.05, 0.1) is 0 Å². The number of rotatable bonds is 2. The molecule has 0 saturated carbocycles. The third kappa shape index (κ3) is 1.92. The quantitative estimate of drug-likeness (QED) is 0.769. The monoisotopic (exact) mass is 263 g/mol. The van der Waals surface area contributed by atoms with Gasteiger partial charge in [0.2, 0.25) is 0 Å². The van der Waals surface area contributed by atoms with Crippen molar-refractivity contribution in [1.29, 1.82) is 0 Å². The molecule has 2 fully saturated rings. The molecule has 3 heterocycles. The minimum Gasteiger partial charge on any atom is -0.294 e. The van der Waals surface area contributed by atoms with Crippen molar-refractivity contribution in [2.24, 2.45) is 5.92 Å². The molecular formula is C14H17NO2S. The number of ketones is 1. The van der Waals surface area contributed by atoms with Gasteiger partial charge in [0.1, 0.15) is 0 Å². The number of pyridine rings is 1. The van der Waals surface area contributed by atoms with Crippen molar-refractivity contribution < 1.29 is 9.00 Å². The first-order chi connectivity index (χ1) is 8.66. The number of hydrogen-bond acceptors (Lipinski definition) is 3. The molecule has 0 radical (unpaired) electrons. The zero-order valence-electron chi connectivity index (χ0n) is 10.5. The van der Waals surface area contributed by atoms with Crippen LogP contribution in [-0.2, 0) is 10.8 Å². The molecule has 2 bridgehead atoms. The minimum atomic E-state index is -0.685. The van der Waals surface area contributed by atoms with E-state index >= 15 is 0 Å². The number of nitrogens with zero attached hydrogens (tertiary/aromatic N) is 1. The van der Waals surface area contributed by atoms with Crippen molar-refractivity contribution in [1.82, 2.24) is 4.98 Å². The van der Waals surface area contributed by atoms with Crippen LogP contribution in [0.25, 0.3) is 0 Å². The molecule has 1 aromatic heterocycles. The fourth-order valence-electron chi connectivity index (χ4n) is 3.21. The summed E-state index contributed by atoms with van der Waals surface area (Å²) in [6, 6.07) is 3.67. The van der Waals surface area contributed by atoms with Crippen molar-refractivity contribution >= 4 is 16.6 Å². The van der Waals surface area contributed by atoms with Gasteiger partial charge in [-0.1, -0.05) is 0 Å². The van der Waals surface area contributed by atoms with E-state index in [1.165, 1.54) is 0 Å². The first-order valence-corrected chi connectivity index (χ1v) is 7.79. The molecule has 0 aromatic carbocycles. The van der Waals surface area contributed by atoms with Gasteiger partial charge in [0, 0.05) is 44.7 Å². The fraction of sp³-hybridized carbons (Fsp3) is 0.571. The van der Waals surface area contributed by atoms with E-state index in [0.29, 0.717) is 0 Å². The molecule has 2 aliphatic rings. The maximum atomic E-state index is 12.5. The average Bonchev–Trinajstić information content (AvgIpc) is 2.61. The minimum absolute atomic E-state index is 0.0584. The third-order valence-corrected chi connectivity index (χ3v) is 6.38. The van der Waals surface area contributed by atoms with E-state index in [4.69, 9.17) is 0 Å². The molecule has 3 rings (SSSR count). The first kappa shape index (κ1) is 12.0. The molecule has 0 amide bonds. The van der Waals surface area contributed by atoms with E-state index in [1.807, 2.05) is 19.1 Å². The molecule has 1 aromatic rings. The van der Waals surface area contributed by atoms with E-state index in [-0.39, 0.29) is 22.2 Å². The standard InChI is InChI=1S/C14H17NO2S/c1-9-13(3-2-6-15-9)14(16)10-7-11-4-5-12(8-10)18(11)17/h2-3,6,10-12H,4-5,7-8H2,1H3. The molecule has 2 saturated heterocycles. The Morgan fingerprint density at radius 1 is 1.33 bits per heavy atom. The van der Waals surface area contributed by atoms with Crippen LogP contribution in [0.3, 0.4) is 0 Å². The molecular weight excluding hydrogens is 246 g/mol. The summed E-state index contributed by atoms with van der Waals surface area (Å²) >= 11 is 0. The van der Waals surface area contributed by atoms with E-state index in [0.717, 1.165) is 36.9 Å². The second-order valence-electron chi connectivity index (χ2n) is 5.32. The van der Waals surface area contributed by atoms with E-state index in [9.17, 15) is 9.00 Å². The highest BCUT2D eigenvalue weighted by molar-refractivity contribution is 7.86. The lowest BCUT2D eigenvalue weighted by molar-refractivity contribution is 0.0905. The van der Waals surface area contributed by atoms with Crippen LogP contribution in [-0.4, -0.2) is 25.5 Å². The van der Waals surface area contributed by atoms with Crippen LogP contribution in [0.15, 0.2) is 18.3 Å². The Balaban J connectivity index is 1.83. The van der Waals surface area contributed by atoms with E-state index < -0.39 is 10.8 Å². The Labute approximate surface area is 109 Å². The van der Waals surface area contributed by atoms with Crippen molar-refractivity contribution in [2.45, 2.75) is 43.1 Å². The van der Waals surface area contributed by atoms with Gasteiger partial charge in [-0.05, 0) is 44.7 Å². The molecule has 0 N–H and O–H groups in total. The number of carbonyl (C=O) groups is 1. The number of Topliss-reactive ketones (excluding diaryl/α,β-unsaturated/α-hetero) is 1. The summed E-state index contributed by atoms with van der Waals surface area (Å²) in [5.41, 5.74) is 1.55. The molecule has 0 aliphatic carbocycles. The summed E-state index contributed by atoms with van der Waals surface area (Å²) < 4.78 is 11.9. The zero-order valence-corrected chi connectivity index (χ0v) is 11.3. The Kier molecular flexibility index (Phi) is 3.06. The summed E-state index contributed by atoms with van der Waals surface area (Å²) in [5, 5.41) is 0.518. The summed E-state index contributed by atoms with van der Waals surface area (Å²) in [6.07, 6.45) is 5.39. The molecule has 2 unspecified atom stereocenters. The van der Waals surface area contributed by atoms with E-state index in [1.54, 1.807) is 6.20 Å². The lowest BCUT2D eigenvalue weighted by Crippen LogP contribution is -2.32. The largest absolute Gasteiger partial charge is 0.294 e. The molecule has 18 heavy (non-hydrogen) atoms. The maximum absolute atomic E-state index is 12.5. The predicted molar refractivity (Wildman–Crippen MR) is 71.0 cm³/mol. The van der Waals surface area contributed by atoms with Gasteiger partial charge < -0.3 is 0 Å². The van der Waals surface area contributed by atoms with Gasteiger partial charge in [0.25, 0.3) is 0 Å². The third-order valence-electron chi connectivity index (χ3n) is 4.21. The number of aryl methyl sites for hydroxylation is 1. The van der Waals surface area contributed by atoms with Crippen molar-refractivity contribution in [3.63, 3.8) is 0 Å². The van der Waals surface area contributed by atoms with Crippen LogP contribution in [0.1, 0.15) is 41.7 Å². The van der Waals surface area contributed by atoms with E-state index in [2.05, 4.69) is 4.98 Å². The molecule has 0 spiro atoms. The van der Waals surface area contributed by atoms with Crippen LogP contribution in [0.5, 0.6) is 0 Å². The van der Waals surface area contributed by atoms with Gasteiger partial charge in [-0.2, -0.15) is 0 Å². The molecule has 2 aliphatic heterocycles. The van der Waals surface area contributed by atoms with Crippen molar-refractivity contribution in [2.75, 3.05) is 0 Å². The summed E-state index contributed by atoms with van der Waals surface area (Å²) in [4.78, 5) is 16.7. The first-order valence-electron chi connectivity index (χ1n) is 6.52. The Morgan fingerprint density at radius 2 is 2.00 bits per heavy atom.